The molecule has 9 heteroatoms. The van der Waals surface area contributed by atoms with Crippen molar-refractivity contribution in [3.63, 3.8) is 0 Å². The van der Waals surface area contributed by atoms with Gasteiger partial charge in [-0.1, -0.05) is 38.4 Å². The molecule has 0 radical (unpaired) electrons. The largest absolute Gasteiger partial charge is 0.356 e. The molecule has 3 aromatic rings. The topological polar surface area (TPSA) is 79.4 Å². The third-order valence-corrected chi connectivity index (χ3v) is 10.8. The van der Waals surface area contributed by atoms with Crippen LogP contribution in [0.5, 0.6) is 0 Å². The van der Waals surface area contributed by atoms with Crippen LogP contribution in [-0.4, -0.2) is 38.7 Å². The molecule has 0 atom stereocenters. The van der Waals surface area contributed by atoms with E-state index >= 15 is 0 Å². The molecular formula is C27H34ClN3O3S2. The lowest BCUT2D eigenvalue weighted by Gasteiger charge is -2.39. The fourth-order valence-corrected chi connectivity index (χ4v) is 6.33. The van der Waals surface area contributed by atoms with Crippen LogP contribution in [0.2, 0.25) is 5.15 Å². The number of fused-ring (bicyclic) bond motifs is 1. The summed E-state index contributed by atoms with van der Waals surface area (Å²) in [4.78, 5) is 20.4. The molecule has 6 nitrogen and oxygen atoms in total. The number of thiophene rings is 1. The Hall–Kier alpha value is -2.16. The molecule has 0 unspecified atom stereocenters. The maximum Gasteiger partial charge on any atom is 0.265 e. The van der Waals surface area contributed by atoms with Gasteiger partial charge in [-0.15, -0.1) is 11.3 Å². The Morgan fingerprint density at radius 1 is 1.08 bits per heavy atom. The van der Waals surface area contributed by atoms with Gasteiger partial charge in [-0.2, -0.15) is 0 Å². The van der Waals surface area contributed by atoms with Gasteiger partial charge < -0.3 is 10.2 Å². The number of aromatic nitrogens is 1. The minimum Gasteiger partial charge on any atom is -0.356 e. The van der Waals surface area contributed by atoms with E-state index in [0.29, 0.717) is 32.6 Å². The van der Waals surface area contributed by atoms with E-state index in [0.717, 1.165) is 41.8 Å². The average Bonchev–Trinajstić information content (AvgIpc) is 3.21. The molecule has 0 aliphatic carbocycles. The highest BCUT2D eigenvalue weighted by molar-refractivity contribution is 7.91. The molecule has 1 saturated heterocycles. The van der Waals surface area contributed by atoms with Crippen LogP contribution in [-0.2, 0) is 14.6 Å². The van der Waals surface area contributed by atoms with Gasteiger partial charge in [-0.3, -0.25) is 4.79 Å². The van der Waals surface area contributed by atoms with E-state index in [-0.39, 0.29) is 5.91 Å². The SMILES string of the molecule is CC(C)(C)C1CCN(c2cc(NC(=O)c3cc4cc(C(C)(C)S(C)(=O)=O)ccc4s3)cc(Cl)n2)CC1. The van der Waals surface area contributed by atoms with Gasteiger partial charge in [0, 0.05) is 35.8 Å². The van der Waals surface area contributed by atoms with Crippen LogP contribution >= 0.6 is 22.9 Å². The number of nitrogens with zero attached hydrogens (tertiary/aromatic N) is 2. The van der Waals surface area contributed by atoms with Crippen molar-refractivity contribution in [3.8, 4) is 0 Å². The highest BCUT2D eigenvalue weighted by Gasteiger charge is 2.32. The van der Waals surface area contributed by atoms with Crippen molar-refractivity contribution >= 4 is 60.3 Å². The third-order valence-electron chi connectivity index (χ3n) is 7.44. The predicted octanol–water partition coefficient (Wildman–Crippen LogP) is 6.74. The standard InChI is InChI=1S/C27H34ClN3O3S2/c1-26(2,3)18-9-11-31(12-10-18)24-16-20(15-23(28)30-24)29-25(32)22-14-17-13-19(7-8-21(17)35-22)27(4,5)36(6,33)34/h7-8,13-16,18H,9-12H2,1-6H3,(H,29,30,32). The summed E-state index contributed by atoms with van der Waals surface area (Å²) in [6.07, 6.45) is 3.43. The molecule has 1 aliphatic rings. The number of amides is 1. The molecule has 1 fully saturated rings. The molecule has 4 rings (SSSR count). The smallest absolute Gasteiger partial charge is 0.265 e. The van der Waals surface area contributed by atoms with E-state index < -0.39 is 14.6 Å². The molecule has 0 bridgehead atoms. The van der Waals surface area contributed by atoms with Crippen LogP contribution in [0.3, 0.4) is 0 Å². The van der Waals surface area contributed by atoms with Gasteiger partial charge in [0.1, 0.15) is 11.0 Å². The van der Waals surface area contributed by atoms with Crippen molar-refractivity contribution in [1.82, 2.24) is 4.98 Å². The van der Waals surface area contributed by atoms with Crippen LogP contribution in [0.25, 0.3) is 10.1 Å². The summed E-state index contributed by atoms with van der Waals surface area (Å²) in [5.41, 5.74) is 1.59. The number of nitrogens with one attached hydrogen (secondary N) is 1. The number of carbonyl (C=O) groups is 1. The summed E-state index contributed by atoms with van der Waals surface area (Å²) in [6.45, 7) is 12.1. The molecule has 3 heterocycles. The highest BCUT2D eigenvalue weighted by Crippen LogP contribution is 2.37. The average molecular weight is 548 g/mol. The first-order chi connectivity index (χ1) is 16.6. The van der Waals surface area contributed by atoms with Gasteiger partial charge >= 0.3 is 0 Å². The van der Waals surface area contributed by atoms with Crippen molar-refractivity contribution in [2.24, 2.45) is 11.3 Å². The van der Waals surface area contributed by atoms with Crippen molar-refractivity contribution < 1.29 is 13.2 Å². The molecule has 2 aromatic heterocycles. The molecule has 1 amide bonds. The molecule has 1 aromatic carbocycles. The summed E-state index contributed by atoms with van der Waals surface area (Å²) >= 11 is 7.70. The van der Waals surface area contributed by atoms with Gasteiger partial charge in [0.15, 0.2) is 9.84 Å². The quantitative estimate of drug-likeness (QED) is 0.358. The van der Waals surface area contributed by atoms with Crippen molar-refractivity contribution in [3.05, 3.63) is 52.0 Å². The van der Waals surface area contributed by atoms with Gasteiger partial charge in [-0.05, 0) is 73.2 Å². The zero-order valence-corrected chi connectivity index (χ0v) is 24.1. The number of sulfone groups is 1. The zero-order chi connectivity index (χ0) is 26.5. The zero-order valence-electron chi connectivity index (χ0n) is 21.7. The Balaban J connectivity index is 1.52. The molecule has 0 spiro atoms. The fourth-order valence-electron chi connectivity index (χ4n) is 4.63. The first-order valence-electron chi connectivity index (χ1n) is 12.1. The minimum absolute atomic E-state index is 0.236. The summed E-state index contributed by atoms with van der Waals surface area (Å²) < 4.78 is 24.4. The summed E-state index contributed by atoms with van der Waals surface area (Å²) in [6, 6.07) is 10.9. The number of hydrogen-bond acceptors (Lipinski definition) is 6. The summed E-state index contributed by atoms with van der Waals surface area (Å²) in [7, 11) is -3.30. The Morgan fingerprint density at radius 3 is 2.36 bits per heavy atom. The van der Waals surface area contributed by atoms with E-state index in [9.17, 15) is 13.2 Å². The van der Waals surface area contributed by atoms with Crippen molar-refractivity contribution in [1.29, 1.82) is 0 Å². The Kier molecular flexibility index (Phi) is 7.18. The van der Waals surface area contributed by atoms with Gasteiger partial charge in [0.2, 0.25) is 0 Å². The maximum absolute atomic E-state index is 13.1. The molecule has 0 saturated carbocycles. The monoisotopic (exact) mass is 547 g/mol. The molecule has 36 heavy (non-hydrogen) atoms. The number of carbonyl (C=O) groups excluding carboxylic acids is 1. The van der Waals surface area contributed by atoms with E-state index in [1.54, 1.807) is 26.0 Å². The Labute approximate surface area is 223 Å². The lowest BCUT2D eigenvalue weighted by molar-refractivity contribution is 0.103. The number of benzene rings is 1. The Bertz CT molecular complexity index is 1400. The number of anilines is 2. The lowest BCUT2D eigenvalue weighted by atomic mass is 9.75. The summed E-state index contributed by atoms with van der Waals surface area (Å²) in [5, 5.41) is 4.15. The first-order valence-corrected chi connectivity index (χ1v) is 15.2. The highest BCUT2D eigenvalue weighted by atomic mass is 35.5. The number of hydrogen-bond donors (Lipinski definition) is 1. The predicted molar refractivity (Wildman–Crippen MR) is 151 cm³/mol. The molecule has 194 valence electrons. The van der Waals surface area contributed by atoms with Gasteiger partial charge in [0.05, 0.1) is 9.62 Å². The fraction of sp³-hybridized carbons (Fsp3) is 0.481. The number of pyridine rings is 1. The molecule has 1 N–H and O–H groups in total. The van der Waals surface area contributed by atoms with Crippen LogP contribution < -0.4 is 10.2 Å². The van der Waals surface area contributed by atoms with E-state index in [1.165, 1.54) is 17.6 Å². The maximum atomic E-state index is 13.1. The normalized spacial score (nSPS) is 15.9. The third kappa shape index (κ3) is 5.55. The second-order valence-corrected chi connectivity index (χ2v) is 15.3. The second kappa shape index (κ2) is 9.62. The lowest BCUT2D eigenvalue weighted by Crippen LogP contribution is -2.38. The van der Waals surface area contributed by atoms with E-state index in [2.05, 4.69) is 36.0 Å². The van der Waals surface area contributed by atoms with E-state index in [1.807, 2.05) is 24.3 Å². The van der Waals surface area contributed by atoms with Gasteiger partial charge in [-0.25, -0.2) is 13.4 Å². The van der Waals surface area contributed by atoms with Crippen LogP contribution in [0.1, 0.15) is 62.7 Å². The number of piperidine rings is 1. The van der Waals surface area contributed by atoms with Crippen molar-refractivity contribution in [2.75, 3.05) is 29.6 Å². The van der Waals surface area contributed by atoms with Crippen LogP contribution in [0, 0.1) is 11.3 Å². The van der Waals surface area contributed by atoms with Crippen molar-refractivity contribution in [2.45, 2.75) is 52.2 Å². The first kappa shape index (κ1) is 26.9. The number of halogens is 1. The number of rotatable bonds is 5. The minimum atomic E-state index is -3.30. The summed E-state index contributed by atoms with van der Waals surface area (Å²) in [5.74, 6) is 1.21. The Morgan fingerprint density at radius 2 is 1.75 bits per heavy atom. The molecular weight excluding hydrogens is 514 g/mol. The van der Waals surface area contributed by atoms with Crippen LogP contribution in [0.15, 0.2) is 36.4 Å². The van der Waals surface area contributed by atoms with Crippen LogP contribution in [0.4, 0.5) is 11.5 Å². The van der Waals surface area contributed by atoms with E-state index in [4.69, 9.17) is 11.6 Å². The second-order valence-electron chi connectivity index (χ2n) is 11.3. The van der Waals surface area contributed by atoms with Gasteiger partial charge in [0.25, 0.3) is 5.91 Å². The molecule has 1 aliphatic heterocycles.